The maximum atomic E-state index is 11.5. The molecule has 0 atom stereocenters. The fourth-order valence-corrected chi connectivity index (χ4v) is 1.51. The maximum Gasteiger partial charge on any atom is 0.267 e. The van der Waals surface area contributed by atoms with Crippen molar-refractivity contribution in [3.63, 3.8) is 0 Å². The lowest BCUT2D eigenvalue weighted by Gasteiger charge is -2.06. The van der Waals surface area contributed by atoms with Gasteiger partial charge in [-0.25, -0.2) is 4.68 Å². The number of nitrogens with one attached hydrogen (secondary N) is 1. The van der Waals surface area contributed by atoms with E-state index < -0.39 is 0 Å². The predicted octanol–water partition coefficient (Wildman–Crippen LogP) is 0.635. The van der Waals surface area contributed by atoms with Crippen LogP contribution in [0, 0.1) is 0 Å². The molecule has 0 saturated carbocycles. The molecular weight excluding hydrogens is 234 g/mol. The van der Waals surface area contributed by atoms with Crippen molar-refractivity contribution in [2.45, 2.75) is 13.1 Å². The van der Waals surface area contributed by atoms with Crippen molar-refractivity contribution in [1.82, 2.24) is 15.1 Å². The van der Waals surface area contributed by atoms with Crippen molar-refractivity contribution >= 4 is 0 Å². The summed E-state index contributed by atoms with van der Waals surface area (Å²) in [4.78, 5) is 11.5. The van der Waals surface area contributed by atoms with Gasteiger partial charge in [0.25, 0.3) is 5.56 Å². The van der Waals surface area contributed by atoms with Gasteiger partial charge >= 0.3 is 0 Å². The Kier molecular flexibility index (Phi) is 4.14. The van der Waals surface area contributed by atoms with Crippen LogP contribution in [0.15, 0.2) is 39.9 Å². The third-order valence-corrected chi connectivity index (χ3v) is 2.46. The molecule has 1 N–H and O–H groups in total. The highest BCUT2D eigenvalue weighted by atomic mass is 16.5. The van der Waals surface area contributed by atoms with Crippen LogP contribution in [-0.2, 0) is 13.1 Å². The highest BCUT2D eigenvalue weighted by Crippen LogP contribution is 1.99. The van der Waals surface area contributed by atoms with Gasteiger partial charge in [0, 0.05) is 30.8 Å². The van der Waals surface area contributed by atoms with E-state index in [2.05, 4.69) is 10.4 Å². The van der Waals surface area contributed by atoms with Gasteiger partial charge in [-0.15, -0.1) is 5.10 Å². The normalized spacial score (nSPS) is 10.5. The number of hydrogen-bond acceptors (Lipinski definition) is 5. The topological polar surface area (TPSA) is 69.3 Å². The zero-order chi connectivity index (χ0) is 12.8. The van der Waals surface area contributed by atoms with E-state index in [-0.39, 0.29) is 5.56 Å². The summed E-state index contributed by atoms with van der Waals surface area (Å²) in [5, 5.41) is 7.25. The zero-order valence-electron chi connectivity index (χ0n) is 10.1. The molecule has 96 valence electrons. The molecule has 0 aliphatic rings. The molecule has 6 heteroatoms. The first-order valence-electron chi connectivity index (χ1n) is 5.63. The highest BCUT2D eigenvalue weighted by Gasteiger charge is 2.00. The largest absolute Gasteiger partial charge is 0.480 e. The Bertz CT molecular complexity index is 534. The van der Waals surface area contributed by atoms with E-state index in [0.29, 0.717) is 25.5 Å². The molecule has 0 aliphatic carbocycles. The highest BCUT2D eigenvalue weighted by molar-refractivity contribution is 5.06. The summed E-state index contributed by atoms with van der Waals surface area (Å²) in [6.07, 6.45) is 3.31. The number of nitrogens with zero attached hydrogens (tertiary/aromatic N) is 2. The Hall–Kier alpha value is -2.08. The number of rotatable bonds is 6. The van der Waals surface area contributed by atoms with Gasteiger partial charge < -0.3 is 14.5 Å². The van der Waals surface area contributed by atoms with E-state index in [9.17, 15) is 4.79 Å². The second-order valence-corrected chi connectivity index (χ2v) is 3.75. The lowest BCUT2D eigenvalue weighted by Crippen LogP contribution is -2.28. The van der Waals surface area contributed by atoms with Crippen molar-refractivity contribution in [2.75, 3.05) is 13.7 Å². The van der Waals surface area contributed by atoms with Gasteiger partial charge in [0.05, 0.1) is 26.2 Å². The number of aromatic nitrogens is 2. The molecule has 0 bridgehead atoms. The van der Waals surface area contributed by atoms with E-state index in [1.807, 2.05) is 6.07 Å². The number of ether oxygens (including phenoxy) is 1. The lowest BCUT2D eigenvalue weighted by molar-refractivity contribution is 0.374. The average Bonchev–Trinajstić information content (AvgIpc) is 2.89. The first kappa shape index (κ1) is 12.4. The smallest absolute Gasteiger partial charge is 0.267 e. The van der Waals surface area contributed by atoms with Crippen LogP contribution in [0.1, 0.15) is 5.56 Å². The first-order chi connectivity index (χ1) is 8.79. The average molecular weight is 249 g/mol. The molecule has 0 unspecified atom stereocenters. The minimum Gasteiger partial charge on any atom is -0.480 e. The molecule has 0 amide bonds. The van der Waals surface area contributed by atoms with Gasteiger partial charge in [0.2, 0.25) is 5.88 Å². The summed E-state index contributed by atoms with van der Waals surface area (Å²) in [5.41, 5.74) is 0.932. The fraction of sp³-hybridized carbons (Fsp3) is 0.333. The Balaban J connectivity index is 1.84. The van der Waals surface area contributed by atoms with E-state index in [4.69, 9.17) is 9.15 Å². The van der Waals surface area contributed by atoms with Crippen LogP contribution in [0.2, 0.25) is 0 Å². The molecule has 6 nitrogen and oxygen atoms in total. The van der Waals surface area contributed by atoms with Crippen LogP contribution in [-0.4, -0.2) is 23.4 Å². The molecule has 2 heterocycles. The first-order valence-corrected chi connectivity index (χ1v) is 5.63. The molecule has 2 aromatic heterocycles. The third-order valence-electron chi connectivity index (χ3n) is 2.46. The molecule has 0 spiro atoms. The van der Waals surface area contributed by atoms with Gasteiger partial charge in [-0.05, 0) is 6.07 Å². The lowest BCUT2D eigenvalue weighted by atomic mass is 10.3. The van der Waals surface area contributed by atoms with Crippen molar-refractivity contribution in [3.8, 4) is 5.88 Å². The summed E-state index contributed by atoms with van der Waals surface area (Å²) in [7, 11) is 1.52. The molecule has 0 radical (unpaired) electrons. The number of hydrogen-bond donors (Lipinski definition) is 1. The van der Waals surface area contributed by atoms with Gasteiger partial charge in [-0.1, -0.05) is 0 Å². The SMILES string of the molecule is COc1ccc(=O)n(CCNCc2ccoc2)n1. The Labute approximate surface area is 104 Å². The van der Waals surface area contributed by atoms with Crippen molar-refractivity contribution in [2.24, 2.45) is 0 Å². The molecule has 2 aromatic rings. The van der Waals surface area contributed by atoms with Gasteiger partial charge in [0.1, 0.15) is 0 Å². The van der Waals surface area contributed by atoms with Gasteiger partial charge in [0.15, 0.2) is 0 Å². The van der Waals surface area contributed by atoms with Gasteiger partial charge in [-0.2, -0.15) is 0 Å². The van der Waals surface area contributed by atoms with Crippen LogP contribution < -0.4 is 15.6 Å². The standard InChI is InChI=1S/C12H15N3O3/c1-17-11-2-3-12(16)15(14-11)6-5-13-8-10-4-7-18-9-10/h2-4,7,9,13H,5-6,8H2,1H3. The van der Waals surface area contributed by atoms with Crippen LogP contribution in [0.4, 0.5) is 0 Å². The van der Waals surface area contributed by atoms with Crippen molar-refractivity contribution in [3.05, 3.63) is 46.6 Å². The minimum atomic E-state index is -0.138. The minimum absolute atomic E-state index is 0.138. The molecule has 2 rings (SSSR count). The van der Waals surface area contributed by atoms with E-state index in [1.165, 1.54) is 17.9 Å². The summed E-state index contributed by atoms with van der Waals surface area (Å²) >= 11 is 0. The summed E-state index contributed by atoms with van der Waals surface area (Å²) in [5.74, 6) is 0.435. The Morgan fingerprint density at radius 2 is 2.33 bits per heavy atom. The van der Waals surface area contributed by atoms with E-state index >= 15 is 0 Å². The van der Waals surface area contributed by atoms with Crippen LogP contribution in [0.25, 0.3) is 0 Å². The summed E-state index contributed by atoms with van der Waals surface area (Å²) in [6, 6.07) is 4.89. The van der Waals surface area contributed by atoms with Crippen LogP contribution >= 0.6 is 0 Å². The Morgan fingerprint density at radius 3 is 3.06 bits per heavy atom. The molecule has 0 aromatic carbocycles. The van der Waals surface area contributed by atoms with E-state index in [0.717, 1.165) is 5.56 Å². The molecule has 0 fully saturated rings. The quantitative estimate of drug-likeness (QED) is 0.761. The summed E-state index contributed by atoms with van der Waals surface area (Å²) < 4.78 is 11.3. The molecule has 0 aliphatic heterocycles. The summed E-state index contributed by atoms with van der Waals surface area (Å²) in [6.45, 7) is 1.84. The molecule has 18 heavy (non-hydrogen) atoms. The van der Waals surface area contributed by atoms with Crippen LogP contribution in [0.5, 0.6) is 5.88 Å². The zero-order valence-corrected chi connectivity index (χ0v) is 10.1. The number of methoxy groups -OCH3 is 1. The molecule has 0 saturated heterocycles. The van der Waals surface area contributed by atoms with Gasteiger partial charge in [-0.3, -0.25) is 4.79 Å². The third kappa shape index (κ3) is 3.21. The second-order valence-electron chi connectivity index (χ2n) is 3.75. The predicted molar refractivity (Wildman–Crippen MR) is 65.5 cm³/mol. The second kappa shape index (κ2) is 6.02. The monoisotopic (exact) mass is 249 g/mol. The van der Waals surface area contributed by atoms with Crippen molar-refractivity contribution < 1.29 is 9.15 Å². The maximum absolute atomic E-state index is 11.5. The van der Waals surface area contributed by atoms with Crippen LogP contribution in [0.3, 0.4) is 0 Å². The fourth-order valence-electron chi connectivity index (χ4n) is 1.51. The number of furan rings is 1. The Morgan fingerprint density at radius 1 is 1.44 bits per heavy atom. The van der Waals surface area contributed by atoms with Crippen molar-refractivity contribution in [1.29, 1.82) is 0 Å². The molecular formula is C12H15N3O3. The van der Waals surface area contributed by atoms with E-state index in [1.54, 1.807) is 18.6 Å².